The van der Waals surface area contributed by atoms with Gasteiger partial charge in [0.15, 0.2) is 6.10 Å². The Bertz CT molecular complexity index is 1580. The van der Waals surface area contributed by atoms with Crippen molar-refractivity contribution < 1.29 is 33.8 Å². The second-order valence-corrected chi connectivity index (χ2v) is 16.7. The molecule has 0 spiro atoms. The van der Waals surface area contributed by atoms with E-state index in [4.69, 9.17) is 4.74 Å². The Balaban J connectivity index is 1.50. The Morgan fingerprint density at radius 2 is 1.78 bits per heavy atom. The van der Waals surface area contributed by atoms with E-state index in [2.05, 4.69) is 37.2 Å². The number of carbonyl (C=O) groups excluding carboxylic acids is 4. The van der Waals surface area contributed by atoms with Gasteiger partial charge in [-0.2, -0.15) is 0 Å². The maximum Gasteiger partial charge on any atom is 0.306 e. The van der Waals surface area contributed by atoms with E-state index in [9.17, 15) is 29.1 Å². The average molecular weight is 770 g/mol. The van der Waals surface area contributed by atoms with Gasteiger partial charge in [-0.05, 0) is 89.9 Å². The van der Waals surface area contributed by atoms with Gasteiger partial charge in [-0.1, -0.05) is 32.8 Å². The van der Waals surface area contributed by atoms with E-state index < -0.39 is 42.0 Å². The number of aromatic nitrogens is 1. The van der Waals surface area contributed by atoms with Gasteiger partial charge in [0.1, 0.15) is 22.6 Å². The van der Waals surface area contributed by atoms with E-state index in [0.29, 0.717) is 16.8 Å². The molecular formula is C39H59N7O7S. The van der Waals surface area contributed by atoms with Gasteiger partial charge < -0.3 is 25.4 Å². The van der Waals surface area contributed by atoms with Crippen molar-refractivity contribution in [2.45, 2.75) is 130 Å². The molecule has 4 heterocycles. The molecule has 14 nitrogen and oxygen atoms in total. The maximum atomic E-state index is 14.3. The first-order chi connectivity index (χ1) is 25.6. The zero-order chi connectivity index (χ0) is 39.7. The predicted molar refractivity (Wildman–Crippen MR) is 208 cm³/mol. The van der Waals surface area contributed by atoms with Crippen molar-refractivity contribution in [1.82, 2.24) is 25.4 Å². The van der Waals surface area contributed by atoms with E-state index in [0.717, 1.165) is 68.5 Å². The lowest BCUT2D eigenvalue weighted by molar-refractivity contribution is -0.149. The van der Waals surface area contributed by atoms with Crippen LogP contribution in [0.15, 0.2) is 27.1 Å². The Hall–Kier alpha value is -3.98. The van der Waals surface area contributed by atoms with Crippen molar-refractivity contribution in [2.24, 2.45) is 33.7 Å². The summed E-state index contributed by atoms with van der Waals surface area (Å²) in [6, 6.07) is -1.85. The van der Waals surface area contributed by atoms with E-state index in [-0.39, 0.29) is 60.7 Å². The van der Waals surface area contributed by atoms with Gasteiger partial charge in [0.05, 0.1) is 12.0 Å². The number of ether oxygens (including phenoxy) is 1. The second-order valence-electron chi connectivity index (χ2n) is 15.8. The smallest absolute Gasteiger partial charge is 0.306 e. The third-order valence-corrected chi connectivity index (χ3v) is 12.0. The number of hydrogen-bond donors (Lipinski definition) is 3. The topological polar surface area (TPSA) is 183 Å². The number of fused-ring (bicyclic) bond motifs is 3. The molecule has 3 amide bonds. The summed E-state index contributed by atoms with van der Waals surface area (Å²) in [6.45, 7) is 16.0. The van der Waals surface area contributed by atoms with E-state index in [1.807, 2.05) is 27.7 Å². The fourth-order valence-electron chi connectivity index (χ4n) is 7.62. The average Bonchev–Trinajstić information content (AvgIpc) is 3.60. The van der Waals surface area contributed by atoms with Crippen LogP contribution >= 0.6 is 11.3 Å². The van der Waals surface area contributed by atoms with Crippen LogP contribution in [0.5, 0.6) is 0 Å². The molecule has 15 heteroatoms. The van der Waals surface area contributed by atoms with Gasteiger partial charge in [-0.25, -0.2) is 15.0 Å². The van der Waals surface area contributed by atoms with Crippen LogP contribution in [0.2, 0.25) is 0 Å². The van der Waals surface area contributed by atoms with E-state index in [1.165, 1.54) is 6.92 Å². The zero-order valence-electron chi connectivity index (χ0n) is 32.9. The van der Waals surface area contributed by atoms with Crippen molar-refractivity contribution in [3.63, 3.8) is 0 Å². The molecule has 3 aliphatic heterocycles. The Kier molecular flexibility index (Phi) is 15.5. The van der Waals surface area contributed by atoms with Crippen LogP contribution in [-0.2, 0) is 23.9 Å². The zero-order valence-corrected chi connectivity index (χ0v) is 33.7. The number of rotatable bonds is 18. The summed E-state index contributed by atoms with van der Waals surface area (Å²) in [6.07, 6.45) is 7.11. The number of esters is 1. The van der Waals surface area contributed by atoms with Crippen LogP contribution in [-0.4, -0.2) is 106 Å². The molecule has 54 heavy (non-hydrogen) atoms. The van der Waals surface area contributed by atoms with Crippen LogP contribution < -0.4 is 10.6 Å². The van der Waals surface area contributed by atoms with Crippen LogP contribution in [0.1, 0.15) is 121 Å². The molecule has 1 saturated carbocycles. The summed E-state index contributed by atoms with van der Waals surface area (Å²) in [7, 11) is 1.74. The summed E-state index contributed by atoms with van der Waals surface area (Å²) < 4.78 is 5.78. The number of aliphatic imine (C=N–C) groups is 2. The van der Waals surface area contributed by atoms with Gasteiger partial charge in [0, 0.05) is 50.5 Å². The van der Waals surface area contributed by atoms with Gasteiger partial charge >= 0.3 is 11.9 Å². The number of carboxylic acids is 1. The fourth-order valence-corrected chi connectivity index (χ4v) is 8.46. The fraction of sp³-hybridized carbons (Fsp3) is 0.692. The molecule has 298 valence electrons. The number of amidine groups is 1. The highest BCUT2D eigenvalue weighted by molar-refractivity contribution is 7.09. The maximum absolute atomic E-state index is 14.3. The van der Waals surface area contributed by atoms with Crippen molar-refractivity contribution in [1.29, 1.82) is 0 Å². The predicted octanol–water partition coefficient (Wildman–Crippen LogP) is 5.01. The minimum absolute atomic E-state index is 0.0460. The molecule has 1 aromatic rings. The molecule has 4 aliphatic rings. The third kappa shape index (κ3) is 11.5. The normalized spacial score (nSPS) is 22.5. The van der Waals surface area contributed by atoms with Crippen LogP contribution in [0.25, 0.3) is 0 Å². The SMILES string of the molecule is C=N/C(C[C@@H](C[C@H](C)C(=O)O)NC(=O)c1csc([C@@H](C[C@H](C(C)C)N(C)C(=O)[C@@H](NC(=O)[C@H]2CC3CCN2CC3)C2CCC2)OC(C)=O)n1)=N\C=C(C)C. The number of carbonyl (C=O) groups is 5. The number of nitrogens with zero attached hydrogens (tertiary/aromatic N) is 5. The lowest BCUT2D eigenvalue weighted by Gasteiger charge is -2.45. The minimum atomic E-state index is -0.998. The van der Waals surface area contributed by atoms with Gasteiger partial charge in [0.25, 0.3) is 5.91 Å². The molecular weight excluding hydrogens is 711 g/mol. The van der Waals surface area contributed by atoms with E-state index in [1.54, 1.807) is 30.5 Å². The largest absolute Gasteiger partial charge is 0.481 e. The molecule has 3 saturated heterocycles. The summed E-state index contributed by atoms with van der Waals surface area (Å²) in [5.41, 5.74) is 1.02. The molecule has 1 aromatic heterocycles. The summed E-state index contributed by atoms with van der Waals surface area (Å²) in [5.74, 6) is -2.11. The van der Waals surface area contributed by atoms with Crippen molar-refractivity contribution in [3.8, 4) is 0 Å². The number of likely N-dealkylation sites (N-methyl/N-ethyl adjacent to an activating group) is 1. The quantitative estimate of drug-likeness (QED) is 0.105. The molecule has 3 N–H and O–H groups in total. The number of aliphatic carboxylic acids is 1. The highest BCUT2D eigenvalue weighted by Crippen LogP contribution is 2.35. The molecule has 0 radical (unpaired) electrons. The van der Waals surface area contributed by atoms with E-state index >= 15 is 0 Å². The Morgan fingerprint density at radius 1 is 1.09 bits per heavy atom. The first-order valence-electron chi connectivity index (χ1n) is 19.2. The molecule has 5 rings (SSSR count). The Labute approximate surface area is 323 Å². The van der Waals surface area contributed by atoms with Crippen molar-refractivity contribution >= 4 is 53.6 Å². The minimum Gasteiger partial charge on any atom is -0.481 e. The summed E-state index contributed by atoms with van der Waals surface area (Å²) in [5, 5.41) is 17.6. The Morgan fingerprint density at radius 3 is 2.30 bits per heavy atom. The monoisotopic (exact) mass is 769 g/mol. The molecule has 2 bridgehead atoms. The van der Waals surface area contributed by atoms with Crippen molar-refractivity contribution in [2.75, 3.05) is 20.1 Å². The standard InChI is InChI=1S/C39H59N7O7S/c1-22(2)20-41-33(40-7)18-28(16-24(5)39(51)52)42-35(48)29-21-54-37(43-29)32(53-25(6)47)19-30(23(3)4)45(8)38(50)34(27-10-9-11-27)44-36(49)31-17-26-12-14-46(31)15-13-26/h20-21,23-24,26-28,30-32,34H,7,9-19H2,1-6,8H3,(H,42,48)(H,44,49)(H,51,52)/b41-33-/t24-,28+,30+,31+,32+,34-/m0/s1. The molecule has 0 aromatic carbocycles. The van der Waals surface area contributed by atoms with Crippen LogP contribution in [0.3, 0.4) is 0 Å². The summed E-state index contributed by atoms with van der Waals surface area (Å²) in [4.78, 5) is 82.3. The number of piperidine rings is 3. The van der Waals surface area contributed by atoms with Crippen LogP contribution in [0, 0.1) is 23.7 Å². The number of thiazole rings is 1. The van der Waals surface area contributed by atoms with Gasteiger partial charge in [0.2, 0.25) is 11.8 Å². The number of carboxylic acid groups (broad SMARTS) is 1. The molecule has 0 unspecified atom stereocenters. The first-order valence-corrected chi connectivity index (χ1v) is 20.1. The van der Waals surface area contributed by atoms with Crippen molar-refractivity contribution in [3.05, 3.63) is 27.9 Å². The highest BCUT2D eigenvalue weighted by atomic mass is 32.1. The number of amides is 3. The number of allylic oxidation sites excluding steroid dienone is 1. The van der Waals surface area contributed by atoms with Gasteiger partial charge in [-0.3, -0.25) is 28.9 Å². The van der Waals surface area contributed by atoms with Crippen LogP contribution in [0.4, 0.5) is 0 Å². The highest BCUT2D eigenvalue weighted by Gasteiger charge is 2.43. The third-order valence-electron chi connectivity index (χ3n) is 11.0. The van der Waals surface area contributed by atoms with Gasteiger partial charge in [-0.15, -0.1) is 11.3 Å². The second kappa shape index (κ2) is 19.6. The molecule has 1 aliphatic carbocycles. The number of nitrogens with one attached hydrogen (secondary N) is 2. The lowest BCUT2D eigenvalue weighted by atomic mass is 9.78. The lowest BCUT2D eigenvalue weighted by Crippen LogP contribution is -2.61. The first kappa shape index (κ1) is 42.8. The molecule has 6 atom stereocenters. The molecule has 4 fully saturated rings. The summed E-state index contributed by atoms with van der Waals surface area (Å²) >= 11 is 1.16. The number of hydrogen-bond acceptors (Lipinski definition) is 10.